The molecule has 1 aromatic carbocycles. The Hall–Kier alpha value is -1.06. The summed E-state index contributed by atoms with van der Waals surface area (Å²) in [5.41, 5.74) is 6.73. The van der Waals surface area contributed by atoms with Gasteiger partial charge in [0, 0.05) is 5.56 Å². The SMILES string of the molecule is CCC1Oc2c(ccc(C)c2C)C1NOC. The minimum absolute atomic E-state index is 0.143. The molecule has 0 aromatic heterocycles. The van der Waals surface area contributed by atoms with Gasteiger partial charge in [-0.2, -0.15) is 5.48 Å². The van der Waals surface area contributed by atoms with E-state index in [0.29, 0.717) is 0 Å². The molecular weight excluding hydrogens is 202 g/mol. The molecule has 0 saturated heterocycles. The summed E-state index contributed by atoms with van der Waals surface area (Å²) < 4.78 is 5.99. The van der Waals surface area contributed by atoms with E-state index in [2.05, 4.69) is 38.4 Å². The van der Waals surface area contributed by atoms with Gasteiger partial charge >= 0.3 is 0 Å². The number of ether oxygens (including phenoxy) is 1. The third-order valence-electron chi connectivity index (χ3n) is 3.33. The van der Waals surface area contributed by atoms with Gasteiger partial charge in [0.25, 0.3) is 0 Å². The van der Waals surface area contributed by atoms with Gasteiger partial charge in [0.15, 0.2) is 0 Å². The van der Waals surface area contributed by atoms with Crippen LogP contribution in [0.4, 0.5) is 0 Å². The van der Waals surface area contributed by atoms with Crippen molar-refractivity contribution in [2.24, 2.45) is 0 Å². The zero-order chi connectivity index (χ0) is 11.7. The van der Waals surface area contributed by atoms with Gasteiger partial charge in [-0.05, 0) is 31.4 Å². The number of hydrogen-bond donors (Lipinski definition) is 1. The molecule has 2 unspecified atom stereocenters. The highest BCUT2D eigenvalue weighted by molar-refractivity contribution is 5.49. The Morgan fingerprint density at radius 1 is 1.38 bits per heavy atom. The van der Waals surface area contributed by atoms with Crippen molar-refractivity contribution in [2.75, 3.05) is 7.11 Å². The van der Waals surface area contributed by atoms with E-state index in [-0.39, 0.29) is 12.1 Å². The Kier molecular flexibility index (Phi) is 3.17. The molecule has 16 heavy (non-hydrogen) atoms. The molecule has 1 N–H and O–H groups in total. The molecular formula is C13H19NO2. The topological polar surface area (TPSA) is 30.5 Å². The van der Waals surface area contributed by atoms with Crippen LogP contribution in [0.15, 0.2) is 12.1 Å². The van der Waals surface area contributed by atoms with E-state index in [0.717, 1.165) is 12.2 Å². The lowest BCUT2D eigenvalue weighted by Gasteiger charge is -2.17. The molecule has 0 spiro atoms. The molecule has 3 nitrogen and oxygen atoms in total. The lowest BCUT2D eigenvalue weighted by atomic mass is 9.99. The molecule has 2 rings (SSSR count). The Labute approximate surface area is 96.7 Å². The molecule has 0 fully saturated rings. The molecule has 1 aromatic rings. The molecule has 0 saturated carbocycles. The molecule has 1 aliphatic heterocycles. The van der Waals surface area contributed by atoms with Gasteiger partial charge in [-0.15, -0.1) is 0 Å². The first-order valence-corrected chi connectivity index (χ1v) is 5.74. The summed E-state index contributed by atoms with van der Waals surface area (Å²) in [5, 5.41) is 0. The van der Waals surface area contributed by atoms with Crippen LogP contribution >= 0.6 is 0 Å². The fourth-order valence-electron chi connectivity index (χ4n) is 2.22. The van der Waals surface area contributed by atoms with Crippen LogP contribution in [0.2, 0.25) is 0 Å². The van der Waals surface area contributed by atoms with Gasteiger partial charge in [0.05, 0.1) is 13.2 Å². The maximum absolute atomic E-state index is 5.99. The Balaban J connectivity index is 2.41. The Morgan fingerprint density at radius 2 is 2.12 bits per heavy atom. The van der Waals surface area contributed by atoms with Crippen LogP contribution < -0.4 is 10.2 Å². The number of fused-ring (bicyclic) bond motifs is 1. The number of benzene rings is 1. The minimum Gasteiger partial charge on any atom is -0.488 e. The standard InChI is InChI=1S/C13H19NO2/c1-5-11-12(14-15-4)10-7-6-8(2)9(3)13(10)16-11/h6-7,11-12,14H,5H2,1-4H3. The lowest BCUT2D eigenvalue weighted by Crippen LogP contribution is -2.29. The summed E-state index contributed by atoms with van der Waals surface area (Å²) in [4.78, 5) is 5.05. The Morgan fingerprint density at radius 3 is 2.75 bits per heavy atom. The summed E-state index contributed by atoms with van der Waals surface area (Å²) in [6, 6.07) is 4.41. The smallest absolute Gasteiger partial charge is 0.128 e. The van der Waals surface area contributed by atoms with Crippen LogP contribution in [0.5, 0.6) is 5.75 Å². The van der Waals surface area contributed by atoms with Crippen LogP contribution in [0, 0.1) is 13.8 Å². The average molecular weight is 221 g/mol. The van der Waals surface area contributed by atoms with Crippen LogP contribution in [-0.4, -0.2) is 13.2 Å². The maximum Gasteiger partial charge on any atom is 0.128 e. The second-order valence-electron chi connectivity index (χ2n) is 4.29. The molecule has 0 bridgehead atoms. The second kappa shape index (κ2) is 4.44. The van der Waals surface area contributed by atoms with Crippen molar-refractivity contribution in [3.8, 4) is 5.75 Å². The molecule has 0 aliphatic carbocycles. The van der Waals surface area contributed by atoms with Crippen molar-refractivity contribution in [2.45, 2.75) is 39.3 Å². The van der Waals surface area contributed by atoms with Gasteiger partial charge in [-0.25, -0.2) is 0 Å². The fraction of sp³-hybridized carbons (Fsp3) is 0.538. The third-order valence-corrected chi connectivity index (χ3v) is 3.33. The van der Waals surface area contributed by atoms with E-state index in [9.17, 15) is 0 Å². The molecule has 1 heterocycles. The first kappa shape index (κ1) is 11.4. The first-order valence-electron chi connectivity index (χ1n) is 5.74. The minimum atomic E-state index is 0.143. The van der Waals surface area contributed by atoms with E-state index in [1.807, 2.05) is 0 Å². The number of rotatable bonds is 3. The maximum atomic E-state index is 5.99. The molecule has 0 radical (unpaired) electrons. The van der Waals surface area contributed by atoms with Crippen LogP contribution in [-0.2, 0) is 4.84 Å². The predicted octanol–water partition coefficient (Wildman–Crippen LogP) is 2.67. The highest BCUT2D eigenvalue weighted by Gasteiger charge is 2.34. The normalized spacial score (nSPS) is 23.0. The van der Waals surface area contributed by atoms with Crippen LogP contribution in [0.3, 0.4) is 0 Å². The molecule has 88 valence electrons. The summed E-state index contributed by atoms with van der Waals surface area (Å²) in [6.45, 7) is 6.34. The van der Waals surface area contributed by atoms with E-state index in [4.69, 9.17) is 9.57 Å². The predicted molar refractivity (Wildman–Crippen MR) is 63.5 cm³/mol. The van der Waals surface area contributed by atoms with E-state index < -0.39 is 0 Å². The zero-order valence-corrected chi connectivity index (χ0v) is 10.3. The molecule has 1 aliphatic rings. The van der Waals surface area contributed by atoms with Gasteiger partial charge < -0.3 is 9.57 Å². The van der Waals surface area contributed by atoms with Gasteiger partial charge in [-0.3, -0.25) is 0 Å². The second-order valence-corrected chi connectivity index (χ2v) is 4.29. The molecule has 2 atom stereocenters. The van der Waals surface area contributed by atoms with Crippen molar-refractivity contribution >= 4 is 0 Å². The largest absolute Gasteiger partial charge is 0.488 e. The molecule has 3 heteroatoms. The summed E-state index contributed by atoms with van der Waals surface area (Å²) in [6.07, 6.45) is 1.13. The van der Waals surface area contributed by atoms with Crippen LogP contribution in [0.1, 0.15) is 36.1 Å². The number of nitrogens with one attached hydrogen (secondary N) is 1. The third kappa shape index (κ3) is 1.70. The quantitative estimate of drug-likeness (QED) is 0.796. The summed E-state index contributed by atoms with van der Waals surface area (Å²) in [5.74, 6) is 1.03. The molecule has 0 amide bonds. The Bertz CT molecular complexity index is 390. The van der Waals surface area contributed by atoms with Crippen molar-refractivity contribution in [1.82, 2.24) is 5.48 Å². The van der Waals surface area contributed by atoms with Gasteiger partial charge in [0.2, 0.25) is 0 Å². The van der Waals surface area contributed by atoms with Crippen molar-refractivity contribution in [1.29, 1.82) is 0 Å². The number of hydroxylamine groups is 1. The number of aryl methyl sites for hydroxylation is 1. The van der Waals surface area contributed by atoms with Crippen molar-refractivity contribution in [3.63, 3.8) is 0 Å². The monoisotopic (exact) mass is 221 g/mol. The zero-order valence-electron chi connectivity index (χ0n) is 10.3. The van der Waals surface area contributed by atoms with Crippen molar-refractivity contribution < 1.29 is 9.57 Å². The average Bonchev–Trinajstić information content (AvgIpc) is 2.63. The van der Waals surface area contributed by atoms with Gasteiger partial charge in [-0.1, -0.05) is 19.1 Å². The van der Waals surface area contributed by atoms with E-state index in [1.54, 1.807) is 7.11 Å². The first-order chi connectivity index (χ1) is 7.69. The van der Waals surface area contributed by atoms with E-state index >= 15 is 0 Å². The van der Waals surface area contributed by atoms with Crippen LogP contribution in [0.25, 0.3) is 0 Å². The fourth-order valence-corrected chi connectivity index (χ4v) is 2.22. The van der Waals surface area contributed by atoms with Gasteiger partial charge in [0.1, 0.15) is 11.9 Å². The number of hydrogen-bond acceptors (Lipinski definition) is 3. The summed E-state index contributed by atoms with van der Waals surface area (Å²) in [7, 11) is 1.64. The van der Waals surface area contributed by atoms with Crippen molar-refractivity contribution in [3.05, 3.63) is 28.8 Å². The highest BCUT2D eigenvalue weighted by Crippen LogP contribution is 2.41. The summed E-state index contributed by atoms with van der Waals surface area (Å²) >= 11 is 0. The lowest BCUT2D eigenvalue weighted by molar-refractivity contribution is 0.0283. The van der Waals surface area contributed by atoms with E-state index in [1.165, 1.54) is 16.7 Å². The highest BCUT2D eigenvalue weighted by atomic mass is 16.6.